The fourth-order valence-corrected chi connectivity index (χ4v) is 3.51. The lowest BCUT2D eigenvalue weighted by molar-refractivity contribution is -0.467. The number of benzene rings is 1. The average Bonchev–Trinajstić information content (AvgIpc) is 2.83. The normalized spacial score (nSPS) is 11.4. The average molecular weight is 551 g/mol. The lowest BCUT2D eigenvalue weighted by Crippen LogP contribution is -2.21. The number of Topliss-reactive ketones (excluding diaryl/α,β-unsaturated/α-hetero) is 1. The van der Waals surface area contributed by atoms with E-state index in [1.54, 1.807) is 49.5 Å². The van der Waals surface area contributed by atoms with E-state index in [1.165, 1.54) is 6.20 Å². The number of para-hydroxylation sites is 1. The maximum absolute atomic E-state index is 12.1. The van der Waals surface area contributed by atoms with Crippen molar-refractivity contribution in [1.29, 1.82) is 0 Å². The van der Waals surface area contributed by atoms with Crippen molar-refractivity contribution in [2.75, 3.05) is 6.54 Å². The van der Waals surface area contributed by atoms with E-state index in [0.717, 1.165) is 5.56 Å². The van der Waals surface area contributed by atoms with Crippen LogP contribution in [-0.2, 0) is 9.59 Å². The van der Waals surface area contributed by atoms with Crippen LogP contribution in [0.1, 0.15) is 57.1 Å². The van der Waals surface area contributed by atoms with E-state index in [-0.39, 0.29) is 25.5 Å². The Kier molecular flexibility index (Phi) is 15.6. The molecule has 11 heteroatoms. The number of rotatable bonds is 9. The van der Waals surface area contributed by atoms with E-state index in [2.05, 4.69) is 9.97 Å². The summed E-state index contributed by atoms with van der Waals surface area (Å²) >= 11 is 11.4. The van der Waals surface area contributed by atoms with Crippen LogP contribution in [0.5, 0.6) is 5.75 Å². The topological polar surface area (TPSA) is 147 Å². The summed E-state index contributed by atoms with van der Waals surface area (Å²) in [6.45, 7) is 3.09. The Morgan fingerprint density at radius 1 is 0.892 bits per heavy atom. The number of halogens is 2. The third kappa shape index (κ3) is 11.0. The molecule has 2 heterocycles. The first-order valence-electron chi connectivity index (χ1n) is 10.9. The summed E-state index contributed by atoms with van der Waals surface area (Å²) in [6, 6.07) is 15.7. The molecule has 0 aliphatic rings. The summed E-state index contributed by atoms with van der Waals surface area (Å²) in [4.78, 5) is 41.2. The summed E-state index contributed by atoms with van der Waals surface area (Å²) < 4.78 is 5.35. The highest BCUT2D eigenvalue weighted by molar-refractivity contribution is 6.29. The van der Waals surface area contributed by atoms with Crippen molar-refractivity contribution >= 4 is 35.0 Å². The van der Waals surface area contributed by atoms with Gasteiger partial charge in [-0.05, 0) is 48.2 Å². The number of nitro groups is 1. The number of aromatic nitrogens is 2. The molecule has 3 aromatic rings. The van der Waals surface area contributed by atoms with Gasteiger partial charge in [0.2, 0.25) is 5.78 Å². The number of hydrogen-bond donors (Lipinski definition) is 1. The van der Waals surface area contributed by atoms with E-state index in [0.29, 0.717) is 34.5 Å². The Morgan fingerprint density at radius 3 is 1.78 bits per heavy atom. The molecule has 200 valence electrons. The molecule has 0 aliphatic heterocycles. The molecule has 0 radical (unpaired) electrons. The SMILES string of the molecule is C.CCC(C(=O)C[N+](=O)[O-])c1ccc(Cl)nc1.CCC(C(=O)Oc1ccccc1)c1ccc(Cl)nc1.N. The smallest absolute Gasteiger partial charge is 0.318 e. The monoisotopic (exact) mass is 550 g/mol. The first-order valence-corrected chi connectivity index (χ1v) is 11.6. The molecule has 0 spiro atoms. The van der Waals surface area contributed by atoms with Gasteiger partial charge in [-0.2, -0.15) is 0 Å². The molecular weight excluding hydrogens is 519 g/mol. The number of carbonyl (C=O) groups excluding carboxylic acids is 2. The number of ketones is 1. The molecule has 0 amide bonds. The second-order valence-electron chi connectivity index (χ2n) is 7.44. The maximum Gasteiger partial charge on any atom is 0.318 e. The number of hydrogen-bond acceptors (Lipinski definition) is 8. The molecular formula is C26H32Cl2N4O5. The first kappa shape index (κ1) is 33.6. The van der Waals surface area contributed by atoms with Gasteiger partial charge in [-0.3, -0.25) is 19.7 Å². The van der Waals surface area contributed by atoms with Crippen molar-refractivity contribution in [3.8, 4) is 5.75 Å². The molecule has 3 rings (SSSR count). The largest absolute Gasteiger partial charge is 0.426 e. The zero-order valence-electron chi connectivity index (χ0n) is 20.0. The van der Waals surface area contributed by atoms with Gasteiger partial charge in [-0.15, -0.1) is 0 Å². The van der Waals surface area contributed by atoms with Crippen LogP contribution < -0.4 is 10.9 Å². The Labute approximate surface area is 226 Å². The standard InChI is InChI=1S/C15H14ClNO2.C10H11ClN2O3.CH4.H3N/c1-2-13(11-8-9-14(16)17-10-11)15(18)19-12-6-4-3-5-7-12;1-2-8(9(14)6-13(15)16)7-3-4-10(11)12-5-7;;/h3-10,13H,2H2,1H3;3-5,8H,2,6H2,1H3;1H4;1H3. The fraction of sp³-hybridized carbons (Fsp3) is 0.308. The minimum absolute atomic E-state index is 0. The highest BCUT2D eigenvalue weighted by atomic mass is 35.5. The molecule has 3 N–H and O–H groups in total. The van der Waals surface area contributed by atoms with Gasteiger partial charge in [0.15, 0.2) is 0 Å². The van der Waals surface area contributed by atoms with Gasteiger partial charge < -0.3 is 10.9 Å². The third-order valence-electron chi connectivity index (χ3n) is 5.04. The predicted octanol–water partition coefficient (Wildman–Crippen LogP) is 6.71. The lowest BCUT2D eigenvalue weighted by Gasteiger charge is -2.14. The highest BCUT2D eigenvalue weighted by Gasteiger charge is 2.23. The molecule has 0 bridgehead atoms. The second-order valence-corrected chi connectivity index (χ2v) is 8.22. The zero-order chi connectivity index (χ0) is 25.8. The summed E-state index contributed by atoms with van der Waals surface area (Å²) in [5.41, 5.74) is 1.48. The Bertz CT molecular complexity index is 1110. The molecule has 0 fully saturated rings. The second kappa shape index (κ2) is 17.1. The summed E-state index contributed by atoms with van der Waals surface area (Å²) in [6.07, 6.45) is 4.25. The molecule has 2 atom stereocenters. The van der Waals surface area contributed by atoms with Gasteiger partial charge in [0.25, 0.3) is 6.54 Å². The predicted molar refractivity (Wildman–Crippen MR) is 145 cm³/mol. The van der Waals surface area contributed by atoms with Crippen molar-refractivity contribution < 1.29 is 19.2 Å². The quantitative estimate of drug-likeness (QED) is 0.101. The van der Waals surface area contributed by atoms with Crippen LogP contribution >= 0.6 is 23.2 Å². The van der Waals surface area contributed by atoms with E-state index < -0.39 is 23.2 Å². The number of nitrogens with zero attached hydrogens (tertiary/aromatic N) is 3. The van der Waals surface area contributed by atoms with Crippen molar-refractivity contribution in [2.24, 2.45) is 0 Å². The summed E-state index contributed by atoms with van der Waals surface area (Å²) in [5.74, 6) is -0.942. The van der Waals surface area contributed by atoms with Crippen LogP contribution in [0.15, 0.2) is 67.0 Å². The molecule has 1 aromatic carbocycles. The third-order valence-corrected chi connectivity index (χ3v) is 5.49. The molecule has 9 nitrogen and oxygen atoms in total. The van der Waals surface area contributed by atoms with Crippen LogP contribution in [-0.4, -0.2) is 33.2 Å². The summed E-state index contributed by atoms with van der Waals surface area (Å²) in [5, 5.41) is 11.0. The fourth-order valence-electron chi connectivity index (χ4n) is 3.29. The molecule has 0 saturated carbocycles. The Morgan fingerprint density at radius 2 is 1.38 bits per heavy atom. The lowest BCUT2D eigenvalue weighted by atomic mass is 9.93. The van der Waals surface area contributed by atoms with Crippen molar-refractivity contribution in [3.05, 3.63) is 98.5 Å². The maximum atomic E-state index is 12.1. The van der Waals surface area contributed by atoms with Crippen molar-refractivity contribution in [3.63, 3.8) is 0 Å². The van der Waals surface area contributed by atoms with E-state index in [1.807, 2.05) is 25.1 Å². The minimum atomic E-state index is -0.652. The van der Waals surface area contributed by atoms with Gasteiger partial charge in [0.05, 0.1) is 11.8 Å². The molecule has 37 heavy (non-hydrogen) atoms. The van der Waals surface area contributed by atoms with E-state index >= 15 is 0 Å². The van der Waals surface area contributed by atoms with Crippen LogP contribution in [0.3, 0.4) is 0 Å². The number of pyridine rings is 2. The van der Waals surface area contributed by atoms with Crippen LogP contribution in [0, 0.1) is 10.1 Å². The van der Waals surface area contributed by atoms with Crippen LogP contribution in [0.25, 0.3) is 0 Å². The minimum Gasteiger partial charge on any atom is -0.426 e. The van der Waals surface area contributed by atoms with Gasteiger partial charge in [-0.25, -0.2) is 9.97 Å². The van der Waals surface area contributed by atoms with Crippen molar-refractivity contribution in [2.45, 2.75) is 46.0 Å². The summed E-state index contributed by atoms with van der Waals surface area (Å²) in [7, 11) is 0. The van der Waals surface area contributed by atoms with Gasteiger partial charge in [0.1, 0.15) is 16.1 Å². The van der Waals surface area contributed by atoms with Gasteiger partial charge in [-0.1, -0.05) is 74.8 Å². The number of ether oxygens (including phenoxy) is 1. The first-order chi connectivity index (χ1) is 16.7. The van der Waals surface area contributed by atoms with Crippen LogP contribution in [0.4, 0.5) is 0 Å². The number of esters is 1. The van der Waals surface area contributed by atoms with Gasteiger partial charge in [0, 0.05) is 17.3 Å². The Balaban J connectivity index is 0.000000674. The molecule has 2 aromatic heterocycles. The van der Waals surface area contributed by atoms with Crippen LogP contribution in [0.2, 0.25) is 10.3 Å². The van der Waals surface area contributed by atoms with E-state index in [9.17, 15) is 19.7 Å². The van der Waals surface area contributed by atoms with E-state index in [4.69, 9.17) is 27.9 Å². The molecule has 0 aliphatic carbocycles. The molecule has 2 unspecified atom stereocenters. The molecule has 0 saturated heterocycles. The zero-order valence-corrected chi connectivity index (χ0v) is 21.5. The Hall–Kier alpha value is -3.40. The number of carbonyl (C=O) groups is 2. The van der Waals surface area contributed by atoms with Gasteiger partial charge >= 0.3 is 5.97 Å². The van der Waals surface area contributed by atoms with Crippen molar-refractivity contribution in [1.82, 2.24) is 16.1 Å². The highest BCUT2D eigenvalue weighted by Crippen LogP contribution is 2.23.